The van der Waals surface area contributed by atoms with E-state index in [2.05, 4.69) is 5.32 Å². The van der Waals surface area contributed by atoms with Crippen molar-refractivity contribution in [3.63, 3.8) is 0 Å². The summed E-state index contributed by atoms with van der Waals surface area (Å²) >= 11 is 0. The van der Waals surface area contributed by atoms with E-state index in [1.165, 1.54) is 6.92 Å². The Morgan fingerprint density at radius 1 is 0.909 bits per heavy atom. The number of ketones is 1. The van der Waals surface area contributed by atoms with Crippen LogP contribution in [0.1, 0.15) is 41.5 Å². The van der Waals surface area contributed by atoms with Crippen LogP contribution in [0.15, 0.2) is 48.5 Å². The zero-order valence-electron chi connectivity index (χ0n) is 12.9. The van der Waals surface area contributed by atoms with Gasteiger partial charge in [0.2, 0.25) is 0 Å². The lowest BCUT2D eigenvalue weighted by Gasteiger charge is -2.10. The van der Waals surface area contributed by atoms with E-state index in [4.69, 9.17) is 4.74 Å². The molecule has 0 heterocycles. The molecule has 2 rings (SSSR count). The summed E-state index contributed by atoms with van der Waals surface area (Å²) in [6.07, 6.45) is 0.0967. The Kier molecular flexibility index (Phi) is 4.94. The minimum absolute atomic E-state index is 0.00128. The quantitative estimate of drug-likeness (QED) is 0.851. The highest BCUT2D eigenvalue weighted by atomic mass is 16.5. The number of amides is 1. The molecule has 0 aromatic heterocycles. The van der Waals surface area contributed by atoms with E-state index in [0.717, 1.165) is 5.75 Å². The predicted octanol–water partition coefficient (Wildman–Crippen LogP) is 3.93. The first-order chi connectivity index (χ1) is 10.5. The second-order valence-electron chi connectivity index (χ2n) is 5.28. The Balaban J connectivity index is 2.03. The third-order valence-electron chi connectivity index (χ3n) is 3.04. The van der Waals surface area contributed by atoms with Gasteiger partial charge in [-0.15, -0.1) is 0 Å². The molecular weight excluding hydrogens is 278 g/mol. The summed E-state index contributed by atoms with van der Waals surface area (Å²) in [5, 5.41) is 2.79. The molecule has 22 heavy (non-hydrogen) atoms. The Hall–Kier alpha value is -2.62. The molecule has 0 unspecified atom stereocenters. The van der Waals surface area contributed by atoms with Gasteiger partial charge in [0.1, 0.15) is 5.75 Å². The fourth-order valence-corrected chi connectivity index (χ4v) is 1.95. The van der Waals surface area contributed by atoms with Crippen LogP contribution in [0.4, 0.5) is 5.69 Å². The second-order valence-corrected chi connectivity index (χ2v) is 5.28. The smallest absolute Gasteiger partial charge is 0.255 e. The Bertz CT molecular complexity index is 658. The van der Waals surface area contributed by atoms with E-state index in [-0.39, 0.29) is 17.8 Å². The van der Waals surface area contributed by atoms with Crippen molar-refractivity contribution in [1.29, 1.82) is 0 Å². The summed E-state index contributed by atoms with van der Waals surface area (Å²) in [7, 11) is 0. The minimum Gasteiger partial charge on any atom is -0.491 e. The average molecular weight is 297 g/mol. The molecular formula is C18H19NO3. The van der Waals surface area contributed by atoms with Crippen molar-refractivity contribution in [3.05, 3.63) is 59.7 Å². The van der Waals surface area contributed by atoms with Gasteiger partial charge in [0.05, 0.1) is 6.10 Å². The zero-order valence-corrected chi connectivity index (χ0v) is 12.9. The van der Waals surface area contributed by atoms with Crippen molar-refractivity contribution in [3.8, 4) is 5.75 Å². The van der Waals surface area contributed by atoms with Crippen LogP contribution in [0.5, 0.6) is 5.75 Å². The van der Waals surface area contributed by atoms with Gasteiger partial charge >= 0.3 is 0 Å². The maximum atomic E-state index is 12.1. The maximum Gasteiger partial charge on any atom is 0.255 e. The van der Waals surface area contributed by atoms with Crippen LogP contribution in [0, 0.1) is 0 Å². The Morgan fingerprint density at radius 2 is 1.45 bits per heavy atom. The molecule has 0 aliphatic carbocycles. The first kappa shape index (κ1) is 15.8. The molecule has 0 bridgehead atoms. The number of rotatable bonds is 5. The maximum absolute atomic E-state index is 12.1. The molecule has 2 aromatic carbocycles. The van der Waals surface area contributed by atoms with Gasteiger partial charge in [-0.2, -0.15) is 0 Å². The van der Waals surface area contributed by atoms with Crippen LogP contribution >= 0.6 is 0 Å². The summed E-state index contributed by atoms with van der Waals surface area (Å²) < 4.78 is 5.54. The molecule has 1 N–H and O–H groups in total. The third kappa shape index (κ3) is 4.19. The lowest BCUT2D eigenvalue weighted by molar-refractivity contribution is 0.101. The Labute approximate surface area is 130 Å². The Morgan fingerprint density at radius 3 is 1.95 bits per heavy atom. The van der Waals surface area contributed by atoms with Crippen molar-refractivity contribution in [2.75, 3.05) is 5.32 Å². The van der Waals surface area contributed by atoms with Crippen LogP contribution < -0.4 is 10.1 Å². The van der Waals surface area contributed by atoms with Gasteiger partial charge in [0.25, 0.3) is 5.91 Å². The lowest BCUT2D eigenvalue weighted by Crippen LogP contribution is -2.12. The molecule has 0 radical (unpaired) electrons. The number of nitrogens with one attached hydrogen (secondary N) is 1. The van der Waals surface area contributed by atoms with Gasteiger partial charge in [-0.3, -0.25) is 9.59 Å². The molecule has 0 fully saturated rings. The third-order valence-corrected chi connectivity index (χ3v) is 3.04. The molecule has 0 atom stereocenters. The number of ether oxygens (including phenoxy) is 1. The average Bonchev–Trinajstić information content (AvgIpc) is 2.48. The molecule has 0 aliphatic heterocycles. The largest absolute Gasteiger partial charge is 0.491 e. The van der Waals surface area contributed by atoms with Crippen LogP contribution in [0.25, 0.3) is 0 Å². The van der Waals surface area contributed by atoms with E-state index in [9.17, 15) is 9.59 Å². The SMILES string of the molecule is CC(=O)c1ccc(NC(=O)c2ccc(OC(C)C)cc2)cc1. The van der Waals surface area contributed by atoms with E-state index in [1.807, 2.05) is 13.8 Å². The summed E-state index contributed by atoms with van der Waals surface area (Å²) in [6.45, 7) is 5.41. The monoisotopic (exact) mass is 297 g/mol. The minimum atomic E-state index is -0.202. The zero-order chi connectivity index (χ0) is 16.1. The van der Waals surface area contributed by atoms with Gasteiger partial charge in [0.15, 0.2) is 5.78 Å². The fraction of sp³-hybridized carbons (Fsp3) is 0.222. The van der Waals surface area contributed by atoms with Crippen LogP contribution in [0.2, 0.25) is 0 Å². The van der Waals surface area contributed by atoms with Crippen molar-refractivity contribution in [1.82, 2.24) is 0 Å². The molecule has 0 spiro atoms. The molecule has 4 nitrogen and oxygen atoms in total. The van der Waals surface area contributed by atoms with Crippen LogP contribution in [-0.4, -0.2) is 17.8 Å². The number of hydrogen-bond donors (Lipinski definition) is 1. The van der Waals surface area contributed by atoms with E-state index in [0.29, 0.717) is 16.8 Å². The van der Waals surface area contributed by atoms with Gasteiger partial charge < -0.3 is 10.1 Å². The first-order valence-corrected chi connectivity index (χ1v) is 7.15. The lowest BCUT2D eigenvalue weighted by atomic mass is 10.1. The second kappa shape index (κ2) is 6.89. The summed E-state index contributed by atoms with van der Waals surface area (Å²) in [5.41, 5.74) is 1.82. The van der Waals surface area contributed by atoms with Crippen molar-refractivity contribution in [2.24, 2.45) is 0 Å². The van der Waals surface area contributed by atoms with Crippen molar-refractivity contribution < 1.29 is 14.3 Å². The van der Waals surface area contributed by atoms with Crippen molar-refractivity contribution >= 4 is 17.4 Å². The number of carbonyl (C=O) groups excluding carboxylic acids is 2. The van der Waals surface area contributed by atoms with Gasteiger partial charge in [-0.1, -0.05) is 0 Å². The standard InChI is InChI=1S/C18H19NO3/c1-12(2)22-17-10-6-15(7-11-17)18(21)19-16-8-4-14(5-9-16)13(3)20/h4-12H,1-3H3,(H,19,21). The molecule has 0 saturated heterocycles. The van der Waals surface area contributed by atoms with E-state index >= 15 is 0 Å². The fourth-order valence-electron chi connectivity index (χ4n) is 1.95. The van der Waals surface area contributed by atoms with Gasteiger partial charge in [-0.25, -0.2) is 0 Å². The molecule has 114 valence electrons. The highest BCUT2D eigenvalue weighted by molar-refractivity contribution is 6.04. The summed E-state index contributed by atoms with van der Waals surface area (Å²) in [6, 6.07) is 13.8. The number of hydrogen-bond acceptors (Lipinski definition) is 3. The predicted molar refractivity (Wildman–Crippen MR) is 86.6 cm³/mol. The topological polar surface area (TPSA) is 55.4 Å². The summed E-state index contributed by atoms with van der Waals surface area (Å²) in [4.78, 5) is 23.4. The van der Waals surface area contributed by atoms with Crippen LogP contribution in [-0.2, 0) is 0 Å². The molecule has 0 saturated carbocycles. The highest BCUT2D eigenvalue weighted by Gasteiger charge is 2.07. The number of Topliss-reactive ketones (excluding diaryl/α,β-unsaturated/α-hetero) is 1. The summed E-state index contributed by atoms with van der Waals surface area (Å²) in [5.74, 6) is 0.530. The van der Waals surface area contributed by atoms with Crippen LogP contribution in [0.3, 0.4) is 0 Å². The normalized spacial score (nSPS) is 10.4. The number of carbonyl (C=O) groups is 2. The van der Waals surface area contributed by atoms with Crippen molar-refractivity contribution in [2.45, 2.75) is 26.9 Å². The van der Waals surface area contributed by atoms with E-state index < -0.39 is 0 Å². The molecule has 2 aromatic rings. The number of anilines is 1. The highest BCUT2D eigenvalue weighted by Crippen LogP contribution is 2.16. The molecule has 1 amide bonds. The number of benzene rings is 2. The molecule has 0 aliphatic rings. The van der Waals surface area contributed by atoms with Gasteiger partial charge in [0, 0.05) is 16.8 Å². The van der Waals surface area contributed by atoms with E-state index in [1.54, 1.807) is 48.5 Å². The first-order valence-electron chi connectivity index (χ1n) is 7.15. The molecule has 4 heteroatoms. The van der Waals surface area contributed by atoms with Gasteiger partial charge in [-0.05, 0) is 69.3 Å².